The molecule has 0 saturated heterocycles. The average Bonchev–Trinajstić information content (AvgIpc) is 2.02. The van der Waals surface area contributed by atoms with Crippen LogP contribution in [0.4, 0.5) is 0 Å². The van der Waals surface area contributed by atoms with Crippen molar-refractivity contribution in [3.8, 4) is 0 Å². The maximum absolute atomic E-state index is 11.5. The Bertz CT molecular complexity index is 227. The average molecular weight is 198 g/mol. The first kappa shape index (κ1) is 11.5. The molecule has 1 fully saturated rings. The van der Waals surface area contributed by atoms with Crippen LogP contribution in [0.5, 0.6) is 0 Å². The number of hydrogen-bond acceptors (Lipinski definition) is 1. The van der Waals surface area contributed by atoms with E-state index in [1.165, 1.54) is 6.42 Å². The van der Waals surface area contributed by atoms with Crippen molar-refractivity contribution in [1.29, 1.82) is 0 Å². The molecule has 2 atom stereocenters. The first-order chi connectivity index (χ1) is 6.32. The van der Waals surface area contributed by atoms with E-state index >= 15 is 0 Å². The molecule has 0 aromatic carbocycles. The van der Waals surface area contributed by atoms with Crippen LogP contribution in [0.3, 0.4) is 0 Å². The Hall–Kier alpha value is -0.530. The zero-order valence-corrected chi connectivity index (χ0v) is 9.76. The van der Waals surface area contributed by atoms with Gasteiger partial charge >= 0.3 is 5.97 Å². The maximum atomic E-state index is 11.5. The van der Waals surface area contributed by atoms with Crippen LogP contribution in [0.25, 0.3) is 0 Å². The van der Waals surface area contributed by atoms with E-state index in [9.17, 15) is 9.90 Å². The molecular weight excluding hydrogens is 176 g/mol. The second-order valence-corrected chi connectivity index (χ2v) is 5.67. The fraction of sp³-hybridized carbons (Fsp3) is 0.917. The van der Waals surface area contributed by atoms with Gasteiger partial charge in [-0.2, -0.15) is 0 Å². The van der Waals surface area contributed by atoms with E-state index < -0.39 is 11.4 Å². The first-order valence-electron chi connectivity index (χ1n) is 5.56. The molecule has 0 aromatic rings. The van der Waals surface area contributed by atoms with Crippen molar-refractivity contribution < 1.29 is 9.90 Å². The van der Waals surface area contributed by atoms with E-state index in [1.54, 1.807) is 0 Å². The van der Waals surface area contributed by atoms with Crippen molar-refractivity contribution in [2.24, 2.45) is 16.7 Å². The van der Waals surface area contributed by atoms with Gasteiger partial charge in [-0.1, -0.05) is 40.5 Å². The zero-order valence-electron chi connectivity index (χ0n) is 9.76. The minimum absolute atomic E-state index is 0.140. The SMILES string of the molecule is CC1CCCCC1(C(=O)O)C(C)(C)C. The summed E-state index contributed by atoms with van der Waals surface area (Å²) in [6.07, 6.45) is 4.15. The second kappa shape index (κ2) is 3.56. The molecule has 0 heterocycles. The van der Waals surface area contributed by atoms with Crippen LogP contribution in [-0.2, 0) is 4.79 Å². The van der Waals surface area contributed by atoms with Crippen LogP contribution in [0.1, 0.15) is 53.4 Å². The number of carboxylic acid groups (broad SMARTS) is 1. The molecule has 2 unspecified atom stereocenters. The summed E-state index contributed by atoms with van der Waals surface area (Å²) in [5.74, 6) is -0.300. The molecule has 2 nitrogen and oxygen atoms in total. The van der Waals surface area contributed by atoms with Crippen LogP contribution < -0.4 is 0 Å². The van der Waals surface area contributed by atoms with E-state index in [1.807, 2.05) is 0 Å². The minimum atomic E-state index is -0.600. The summed E-state index contributed by atoms with van der Waals surface area (Å²) in [7, 11) is 0. The molecule has 82 valence electrons. The van der Waals surface area contributed by atoms with Gasteiger partial charge in [-0.15, -0.1) is 0 Å². The lowest BCUT2D eigenvalue weighted by atomic mass is 9.55. The van der Waals surface area contributed by atoms with Crippen LogP contribution in [0.2, 0.25) is 0 Å². The summed E-state index contributed by atoms with van der Waals surface area (Å²) in [4.78, 5) is 11.5. The second-order valence-electron chi connectivity index (χ2n) is 5.67. The van der Waals surface area contributed by atoms with Gasteiger partial charge in [0.15, 0.2) is 0 Å². The van der Waals surface area contributed by atoms with Crippen molar-refractivity contribution in [2.45, 2.75) is 53.4 Å². The predicted molar refractivity (Wildman–Crippen MR) is 57.2 cm³/mol. The number of carboxylic acids is 1. The lowest BCUT2D eigenvalue weighted by Gasteiger charge is -2.48. The summed E-state index contributed by atoms with van der Waals surface area (Å²) < 4.78 is 0. The van der Waals surface area contributed by atoms with Gasteiger partial charge in [-0.25, -0.2) is 0 Å². The normalized spacial score (nSPS) is 34.1. The molecule has 1 N–H and O–H groups in total. The van der Waals surface area contributed by atoms with E-state index in [-0.39, 0.29) is 5.41 Å². The van der Waals surface area contributed by atoms with Crippen molar-refractivity contribution in [1.82, 2.24) is 0 Å². The summed E-state index contributed by atoms with van der Waals surface area (Å²) in [6, 6.07) is 0. The Morgan fingerprint density at radius 3 is 2.21 bits per heavy atom. The van der Waals surface area contributed by atoms with Crippen molar-refractivity contribution in [3.63, 3.8) is 0 Å². The Balaban J connectivity index is 3.08. The Labute approximate surface area is 86.7 Å². The summed E-state index contributed by atoms with van der Waals surface area (Å²) in [6.45, 7) is 8.27. The standard InChI is InChI=1S/C12H22O2/c1-9-7-5-6-8-12(9,10(13)14)11(2,3)4/h9H,5-8H2,1-4H3,(H,13,14). The summed E-state index contributed by atoms with van der Waals surface area (Å²) in [5, 5.41) is 9.49. The minimum Gasteiger partial charge on any atom is -0.481 e. The molecule has 0 spiro atoms. The highest BCUT2D eigenvalue weighted by Crippen LogP contribution is 2.52. The topological polar surface area (TPSA) is 37.3 Å². The third-order valence-electron chi connectivity index (χ3n) is 4.02. The molecule has 0 aliphatic heterocycles. The quantitative estimate of drug-likeness (QED) is 0.701. The van der Waals surface area contributed by atoms with Crippen LogP contribution in [0.15, 0.2) is 0 Å². The third-order valence-corrected chi connectivity index (χ3v) is 4.02. The maximum Gasteiger partial charge on any atom is 0.310 e. The Kier molecular flexibility index (Phi) is 2.93. The van der Waals surface area contributed by atoms with Gasteiger partial charge in [0.25, 0.3) is 0 Å². The van der Waals surface area contributed by atoms with Crippen LogP contribution >= 0.6 is 0 Å². The van der Waals surface area contributed by atoms with Gasteiger partial charge in [0.05, 0.1) is 5.41 Å². The van der Waals surface area contributed by atoms with Crippen molar-refractivity contribution >= 4 is 5.97 Å². The highest BCUT2D eigenvalue weighted by Gasteiger charge is 2.52. The van der Waals surface area contributed by atoms with Crippen LogP contribution in [-0.4, -0.2) is 11.1 Å². The van der Waals surface area contributed by atoms with E-state index in [2.05, 4.69) is 27.7 Å². The molecule has 0 bridgehead atoms. The van der Waals surface area contributed by atoms with Gasteiger partial charge in [0.1, 0.15) is 0 Å². The third kappa shape index (κ3) is 1.55. The van der Waals surface area contributed by atoms with E-state index in [0.29, 0.717) is 5.92 Å². The molecule has 0 amide bonds. The fourth-order valence-electron chi connectivity index (χ4n) is 3.10. The number of rotatable bonds is 1. The monoisotopic (exact) mass is 198 g/mol. The summed E-state index contributed by atoms with van der Waals surface area (Å²) >= 11 is 0. The highest BCUT2D eigenvalue weighted by molar-refractivity contribution is 5.76. The Morgan fingerprint density at radius 1 is 1.36 bits per heavy atom. The molecule has 0 aromatic heterocycles. The lowest BCUT2D eigenvalue weighted by Crippen LogP contribution is -2.49. The van der Waals surface area contributed by atoms with E-state index in [0.717, 1.165) is 19.3 Å². The van der Waals surface area contributed by atoms with Crippen molar-refractivity contribution in [3.05, 3.63) is 0 Å². The van der Waals surface area contributed by atoms with Gasteiger partial charge in [-0.3, -0.25) is 4.79 Å². The molecule has 1 aliphatic carbocycles. The molecular formula is C12H22O2. The fourth-order valence-corrected chi connectivity index (χ4v) is 3.10. The van der Waals surface area contributed by atoms with Crippen molar-refractivity contribution in [2.75, 3.05) is 0 Å². The van der Waals surface area contributed by atoms with Gasteiger partial charge in [-0.05, 0) is 24.2 Å². The van der Waals surface area contributed by atoms with Crippen LogP contribution in [0, 0.1) is 16.7 Å². The molecule has 0 radical (unpaired) electrons. The number of aliphatic carboxylic acids is 1. The molecule has 1 rings (SSSR count). The van der Waals surface area contributed by atoms with Gasteiger partial charge in [0, 0.05) is 0 Å². The molecule has 1 saturated carbocycles. The van der Waals surface area contributed by atoms with Gasteiger partial charge < -0.3 is 5.11 Å². The summed E-state index contributed by atoms with van der Waals surface area (Å²) in [5.41, 5.74) is -0.649. The largest absolute Gasteiger partial charge is 0.481 e. The molecule has 1 aliphatic rings. The van der Waals surface area contributed by atoms with Gasteiger partial charge in [0.2, 0.25) is 0 Å². The predicted octanol–water partition coefficient (Wildman–Crippen LogP) is 3.31. The first-order valence-corrected chi connectivity index (χ1v) is 5.56. The van der Waals surface area contributed by atoms with E-state index in [4.69, 9.17) is 0 Å². The number of hydrogen-bond donors (Lipinski definition) is 1. The molecule has 14 heavy (non-hydrogen) atoms. The molecule has 2 heteroatoms. The smallest absolute Gasteiger partial charge is 0.310 e. The number of carbonyl (C=O) groups is 1. The zero-order chi connectivity index (χ0) is 11.0. The lowest BCUT2D eigenvalue weighted by molar-refractivity contribution is -0.165. The highest BCUT2D eigenvalue weighted by atomic mass is 16.4. The Morgan fingerprint density at radius 2 is 1.93 bits per heavy atom.